The fourth-order valence-electron chi connectivity index (χ4n) is 1.75. The van der Waals surface area contributed by atoms with Crippen LogP contribution in [0.5, 0.6) is 5.75 Å². The summed E-state index contributed by atoms with van der Waals surface area (Å²) >= 11 is 0. The number of nitrogens with zero attached hydrogens (tertiary/aromatic N) is 1. The van der Waals surface area contributed by atoms with E-state index in [2.05, 4.69) is 5.32 Å². The molecule has 0 amide bonds. The summed E-state index contributed by atoms with van der Waals surface area (Å²) in [6.45, 7) is 2.98. The van der Waals surface area contributed by atoms with Gasteiger partial charge in [0.1, 0.15) is 0 Å². The highest BCUT2D eigenvalue weighted by Crippen LogP contribution is 2.21. The Morgan fingerprint density at radius 3 is 2.78 bits per heavy atom. The fourth-order valence-corrected chi connectivity index (χ4v) is 1.75. The van der Waals surface area contributed by atoms with Crippen LogP contribution in [0.2, 0.25) is 0 Å². The first-order valence-corrected chi connectivity index (χ1v) is 5.96. The maximum Gasteiger partial charge on any atom is 0.167 e. The summed E-state index contributed by atoms with van der Waals surface area (Å²) < 4.78 is 20.7. The number of hydrogen-bond donors (Lipinski definition) is 1. The summed E-state index contributed by atoms with van der Waals surface area (Å²) in [6, 6.07) is 6.94. The Morgan fingerprint density at radius 1 is 1.33 bits per heavy atom. The van der Waals surface area contributed by atoms with E-state index in [0.717, 1.165) is 11.3 Å². The van der Waals surface area contributed by atoms with Gasteiger partial charge in [-0.3, -0.25) is 0 Å². The molecule has 0 saturated heterocycles. The molecule has 1 aromatic carbocycles. The van der Waals surface area contributed by atoms with Gasteiger partial charge in [-0.15, -0.1) is 0 Å². The topological polar surface area (TPSA) is 26.2 Å². The fraction of sp³-hybridized carbons (Fsp3) is 0.286. The van der Waals surface area contributed by atoms with E-state index in [0.29, 0.717) is 18.9 Å². The maximum atomic E-state index is 13.6. The number of hydrogen-bond acceptors (Lipinski definition) is 2. The third-order valence-corrected chi connectivity index (χ3v) is 2.62. The SMILES string of the molecule is CCOc1ccc(NCc2ccn(C)c2)cc1F. The molecule has 0 unspecified atom stereocenters. The van der Waals surface area contributed by atoms with Gasteiger partial charge >= 0.3 is 0 Å². The summed E-state index contributed by atoms with van der Waals surface area (Å²) in [5.41, 5.74) is 1.91. The highest BCUT2D eigenvalue weighted by Gasteiger charge is 2.04. The van der Waals surface area contributed by atoms with Crippen molar-refractivity contribution in [1.29, 1.82) is 0 Å². The van der Waals surface area contributed by atoms with Gasteiger partial charge in [0, 0.05) is 37.7 Å². The molecule has 2 rings (SSSR count). The largest absolute Gasteiger partial charge is 0.491 e. The summed E-state index contributed by atoms with van der Waals surface area (Å²) in [5, 5.41) is 3.18. The maximum absolute atomic E-state index is 13.6. The molecule has 0 atom stereocenters. The zero-order valence-corrected chi connectivity index (χ0v) is 10.6. The van der Waals surface area contributed by atoms with Gasteiger partial charge in [0.15, 0.2) is 11.6 Å². The van der Waals surface area contributed by atoms with Crippen LogP contribution in [0.25, 0.3) is 0 Å². The number of nitrogens with one attached hydrogen (secondary N) is 1. The quantitative estimate of drug-likeness (QED) is 0.879. The van der Waals surface area contributed by atoms with Gasteiger partial charge in [-0.05, 0) is 30.7 Å². The van der Waals surface area contributed by atoms with Crippen molar-refractivity contribution in [3.05, 3.63) is 48.0 Å². The van der Waals surface area contributed by atoms with E-state index in [-0.39, 0.29) is 5.82 Å². The molecule has 0 aliphatic heterocycles. The normalized spacial score (nSPS) is 10.4. The zero-order valence-electron chi connectivity index (χ0n) is 10.6. The predicted octanol–water partition coefficient (Wildman–Crippen LogP) is 3.18. The standard InChI is InChI=1S/C14H17FN2O/c1-3-18-14-5-4-12(8-13(14)15)16-9-11-6-7-17(2)10-11/h4-8,10,16H,3,9H2,1-2H3. The lowest BCUT2D eigenvalue weighted by Gasteiger charge is -2.08. The van der Waals surface area contributed by atoms with Gasteiger partial charge in [-0.1, -0.05) is 0 Å². The number of aromatic nitrogens is 1. The first-order valence-electron chi connectivity index (χ1n) is 5.96. The third-order valence-electron chi connectivity index (χ3n) is 2.62. The van der Waals surface area contributed by atoms with Crippen molar-refractivity contribution < 1.29 is 9.13 Å². The first kappa shape index (κ1) is 12.5. The molecule has 0 aliphatic rings. The Bertz CT molecular complexity index is 522. The molecule has 1 N–H and O–H groups in total. The molecular formula is C14H17FN2O. The zero-order chi connectivity index (χ0) is 13.0. The van der Waals surface area contributed by atoms with E-state index in [9.17, 15) is 4.39 Å². The molecule has 0 spiro atoms. The number of benzene rings is 1. The van der Waals surface area contributed by atoms with Gasteiger partial charge in [0.05, 0.1) is 6.61 Å². The molecule has 3 nitrogen and oxygen atoms in total. The minimum absolute atomic E-state index is 0.294. The molecule has 0 aliphatic carbocycles. The van der Waals surface area contributed by atoms with Crippen LogP contribution < -0.4 is 10.1 Å². The molecule has 0 saturated carbocycles. The van der Waals surface area contributed by atoms with E-state index >= 15 is 0 Å². The van der Waals surface area contributed by atoms with Crippen molar-refractivity contribution in [2.24, 2.45) is 7.05 Å². The smallest absolute Gasteiger partial charge is 0.167 e. The van der Waals surface area contributed by atoms with Crippen molar-refractivity contribution in [3.8, 4) is 5.75 Å². The van der Waals surface area contributed by atoms with E-state index < -0.39 is 0 Å². The van der Waals surface area contributed by atoms with Crippen LogP contribution >= 0.6 is 0 Å². The van der Waals surface area contributed by atoms with Crippen LogP contribution in [-0.4, -0.2) is 11.2 Å². The van der Waals surface area contributed by atoms with E-state index in [1.54, 1.807) is 6.07 Å². The Hall–Kier alpha value is -1.97. The van der Waals surface area contributed by atoms with Gasteiger partial charge < -0.3 is 14.6 Å². The molecule has 4 heteroatoms. The summed E-state index contributed by atoms with van der Waals surface area (Å²) in [7, 11) is 1.97. The predicted molar refractivity (Wildman–Crippen MR) is 70.3 cm³/mol. The molecule has 96 valence electrons. The van der Waals surface area contributed by atoms with Crippen LogP contribution in [0.4, 0.5) is 10.1 Å². The minimum Gasteiger partial charge on any atom is -0.491 e. The second-order valence-corrected chi connectivity index (χ2v) is 4.12. The Balaban J connectivity index is 1.99. The van der Waals surface area contributed by atoms with Crippen LogP contribution in [0.3, 0.4) is 0 Å². The number of anilines is 1. The second kappa shape index (κ2) is 5.58. The first-order chi connectivity index (χ1) is 8.69. The third kappa shape index (κ3) is 3.03. The highest BCUT2D eigenvalue weighted by molar-refractivity contribution is 5.47. The highest BCUT2D eigenvalue weighted by atomic mass is 19.1. The van der Waals surface area contributed by atoms with Crippen molar-refractivity contribution in [3.63, 3.8) is 0 Å². The van der Waals surface area contributed by atoms with Gasteiger partial charge in [-0.2, -0.15) is 0 Å². The summed E-state index contributed by atoms with van der Waals surface area (Å²) in [6.07, 6.45) is 4.01. The van der Waals surface area contributed by atoms with Gasteiger partial charge in [-0.25, -0.2) is 4.39 Å². The van der Waals surface area contributed by atoms with Crippen molar-refractivity contribution in [2.75, 3.05) is 11.9 Å². The van der Waals surface area contributed by atoms with Crippen molar-refractivity contribution >= 4 is 5.69 Å². The molecule has 0 bridgehead atoms. The number of rotatable bonds is 5. The van der Waals surface area contributed by atoms with Crippen molar-refractivity contribution in [1.82, 2.24) is 4.57 Å². The van der Waals surface area contributed by atoms with Crippen LogP contribution in [0.1, 0.15) is 12.5 Å². The number of halogens is 1. The molecule has 0 fully saturated rings. The summed E-state index contributed by atoms with van der Waals surface area (Å²) in [5.74, 6) is -0.0438. The molecule has 1 heterocycles. The van der Waals surface area contributed by atoms with E-state index in [1.165, 1.54) is 6.07 Å². The average molecular weight is 248 g/mol. The monoisotopic (exact) mass is 248 g/mol. The lowest BCUT2D eigenvalue weighted by molar-refractivity contribution is 0.321. The second-order valence-electron chi connectivity index (χ2n) is 4.12. The summed E-state index contributed by atoms with van der Waals surface area (Å²) in [4.78, 5) is 0. The van der Waals surface area contributed by atoms with Gasteiger partial charge in [0.2, 0.25) is 0 Å². The molecule has 0 radical (unpaired) electrons. The molecular weight excluding hydrogens is 231 g/mol. The lowest BCUT2D eigenvalue weighted by Crippen LogP contribution is -2.00. The molecule has 18 heavy (non-hydrogen) atoms. The van der Waals surface area contributed by atoms with Crippen molar-refractivity contribution in [2.45, 2.75) is 13.5 Å². The Labute approximate surface area is 106 Å². The van der Waals surface area contributed by atoms with Crippen LogP contribution in [0, 0.1) is 5.82 Å². The van der Waals surface area contributed by atoms with E-state index in [4.69, 9.17) is 4.74 Å². The molecule has 2 aromatic rings. The van der Waals surface area contributed by atoms with Gasteiger partial charge in [0.25, 0.3) is 0 Å². The lowest BCUT2D eigenvalue weighted by atomic mass is 10.2. The average Bonchev–Trinajstić information content (AvgIpc) is 2.76. The van der Waals surface area contributed by atoms with E-state index in [1.807, 2.05) is 43.1 Å². The Morgan fingerprint density at radius 2 is 2.17 bits per heavy atom. The van der Waals surface area contributed by atoms with Crippen LogP contribution in [0.15, 0.2) is 36.7 Å². The number of ether oxygens (including phenoxy) is 1. The number of aryl methyl sites for hydroxylation is 1. The van der Waals surface area contributed by atoms with Crippen LogP contribution in [-0.2, 0) is 13.6 Å². The Kier molecular flexibility index (Phi) is 3.87. The molecule has 1 aromatic heterocycles. The minimum atomic E-state index is -0.338.